The molecule has 2 aromatic heterocycles. The average Bonchev–Trinajstić information content (AvgIpc) is 3.31. The summed E-state index contributed by atoms with van der Waals surface area (Å²) in [5.41, 5.74) is 1.19. The van der Waals surface area contributed by atoms with Crippen molar-refractivity contribution in [2.24, 2.45) is 0 Å². The molecule has 0 radical (unpaired) electrons. The number of carbonyl (C=O) groups excluding carboxylic acids is 1. The number of alkyl halides is 3. The third-order valence-electron chi connectivity index (χ3n) is 6.11. The molecule has 1 aliphatic rings. The Balaban J connectivity index is 1.66. The minimum Gasteiger partial charge on any atom is -0.342 e. The zero-order chi connectivity index (χ0) is 25.0. The normalized spacial score (nSPS) is 17.2. The molecule has 6 nitrogen and oxygen atoms in total. The molecule has 0 saturated carbocycles. The Hall–Kier alpha value is -2.91. The van der Waals surface area contributed by atoms with E-state index in [1.807, 2.05) is 35.1 Å². The summed E-state index contributed by atoms with van der Waals surface area (Å²) in [4.78, 5) is 17.0. The van der Waals surface area contributed by atoms with Gasteiger partial charge < -0.3 is 10.6 Å². The van der Waals surface area contributed by atoms with Crippen LogP contribution in [0.3, 0.4) is 0 Å². The molecule has 1 aromatic carbocycles. The number of rotatable bonds is 7. The zero-order valence-corrected chi connectivity index (χ0v) is 20.0. The van der Waals surface area contributed by atoms with E-state index in [9.17, 15) is 18.0 Å². The van der Waals surface area contributed by atoms with Gasteiger partial charge in [0.2, 0.25) is 0 Å². The van der Waals surface area contributed by atoms with Gasteiger partial charge in [-0.3, -0.25) is 9.48 Å². The Bertz CT molecular complexity index is 1170. The van der Waals surface area contributed by atoms with Crippen LogP contribution in [-0.4, -0.2) is 33.3 Å². The van der Waals surface area contributed by atoms with Gasteiger partial charge in [-0.1, -0.05) is 43.1 Å². The van der Waals surface area contributed by atoms with Crippen LogP contribution in [0, 0.1) is 0 Å². The summed E-state index contributed by atoms with van der Waals surface area (Å²) < 4.78 is 41.8. The second kappa shape index (κ2) is 10.8. The van der Waals surface area contributed by atoms with Crippen molar-refractivity contribution < 1.29 is 18.0 Å². The van der Waals surface area contributed by atoms with Crippen molar-refractivity contribution in [3.63, 3.8) is 0 Å². The number of carbonyl (C=O) groups is 1. The van der Waals surface area contributed by atoms with Crippen LogP contribution in [-0.2, 0) is 12.7 Å². The Morgan fingerprint density at radius 1 is 1.29 bits per heavy atom. The van der Waals surface area contributed by atoms with Gasteiger partial charge in [0, 0.05) is 30.5 Å². The predicted octanol–water partition coefficient (Wildman–Crippen LogP) is 5.64. The topological polar surface area (TPSA) is 71.8 Å². The largest absolute Gasteiger partial charge is 0.417 e. The van der Waals surface area contributed by atoms with Gasteiger partial charge in [-0.05, 0) is 49.1 Å². The van der Waals surface area contributed by atoms with Gasteiger partial charge in [-0.25, -0.2) is 4.98 Å². The number of nitrogens with one attached hydrogen (secondary N) is 2. The highest BCUT2D eigenvalue weighted by atomic mass is 35.5. The van der Waals surface area contributed by atoms with E-state index in [1.54, 1.807) is 6.20 Å². The molecule has 1 fully saturated rings. The molecule has 35 heavy (non-hydrogen) atoms. The molecule has 0 spiro atoms. The minimum absolute atomic E-state index is 0.0876. The first-order valence-electron chi connectivity index (χ1n) is 11.7. The number of amides is 1. The van der Waals surface area contributed by atoms with Crippen LogP contribution in [0.15, 0.2) is 48.9 Å². The molecule has 1 aliphatic heterocycles. The van der Waals surface area contributed by atoms with Gasteiger partial charge in [-0.15, -0.1) is 0 Å². The second-order valence-corrected chi connectivity index (χ2v) is 9.02. The van der Waals surface area contributed by atoms with Gasteiger partial charge >= 0.3 is 6.18 Å². The fraction of sp³-hybridized carbons (Fsp3) is 0.400. The van der Waals surface area contributed by atoms with Crippen molar-refractivity contribution in [1.29, 1.82) is 0 Å². The van der Waals surface area contributed by atoms with Gasteiger partial charge in [-0.2, -0.15) is 18.3 Å². The first kappa shape index (κ1) is 25.2. The van der Waals surface area contributed by atoms with Crippen molar-refractivity contribution in [2.75, 3.05) is 6.54 Å². The maximum absolute atomic E-state index is 13.3. The Kier molecular flexibility index (Phi) is 7.76. The Labute approximate surface area is 206 Å². The highest BCUT2D eigenvalue weighted by Crippen LogP contribution is 2.36. The van der Waals surface area contributed by atoms with Crippen LogP contribution >= 0.6 is 11.6 Å². The molecule has 4 rings (SSSR count). The molecule has 10 heteroatoms. The minimum atomic E-state index is -4.68. The summed E-state index contributed by atoms with van der Waals surface area (Å²) in [6.45, 7) is 3.69. The van der Waals surface area contributed by atoms with E-state index in [-0.39, 0.29) is 6.04 Å². The lowest BCUT2D eigenvalue weighted by Crippen LogP contribution is -2.46. The van der Waals surface area contributed by atoms with Crippen molar-refractivity contribution in [3.05, 3.63) is 70.8 Å². The fourth-order valence-corrected chi connectivity index (χ4v) is 4.69. The molecule has 186 valence electrons. The molecule has 3 heterocycles. The molecule has 0 bridgehead atoms. The number of piperidine rings is 1. The summed E-state index contributed by atoms with van der Waals surface area (Å²) in [7, 11) is 0. The number of hydrogen-bond acceptors (Lipinski definition) is 4. The maximum atomic E-state index is 13.3. The molecule has 3 aromatic rings. The lowest BCUT2D eigenvalue weighted by molar-refractivity contribution is -0.137. The highest BCUT2D eigenvalue weighted by molar-refractivity contribution is 6.34. The molecule has 0 unspecified atom stereocenters. The number of aryl methyl sites for hydroxylation is 1. The van der Waals surface area contributed by atoms with E-state index in [0.29, 0.717) is 0 Å². The van der Waals surface area contributed by atoms with Gasteiger partial charge in [0.1, 0.15) is 5.69 Å². The van der Waals surface area contributed by atoms with Crippen LogP contribution in [0.25, 0.3) is 11.1 Å². The molecule has 0 aliphatic carbocycles. The number of nitrogens with zero attached hydrogens (tertiary/aromatic N) is 3. The van der Waals surface area contributed by atoms with Crippen molar-refractivity contribution in [3.8, 4) is 11.1 Å². The molecule has 1 saturated heterocycles. The first-order valence-corrected chi connectivity index (χ1v) is 12.0. The SMILES string of the molecule is CCCn1cc(-c2cccc([C@H](NC(=O)c3nccc(C(F)(F)F)c3Cl)[C@@H]3CCCCN3)c2)cn1. The monoisotopic (exact) mass is 505 g/mol. The average molecular weight is 506 g/mol. The van der Waals surface area contributed by atoms with Crippen LogP contribution in [0.1, 0.15) is 60.3 Å². The Morgan fingerprint density at radius 2 is 2.11 bits per heavy atom. The van der Waals surface area contributed by atoms with Crippen LogP contribution in [0.4, 0.5) is 13.2 Å². The van der Waals surface area contributed by atoms with Crippen LogP contribution in [0.5, 0.6) is 0 Å². The molecule has 2 atom stereocenters. The van der Waals surface area contributed by atoms with E-state index in [1.165, 1.54) is 0 Å². The van der Waals surface area contributed by atoms with Crippen molar-refractivity contribution >= 4 is 17.5 Å². The second-order valence-electron chi connectivity index (χ2n) is 8.64. The third-order valence-corrected chi connectivity index (χ3v) is 6.49. The standard InChI is InChI=1S/C25H27ClF3N5O/c1-2-12-34-15-18(14-32-34)16-6-5-7-17(13-16)22(20-8-3-4-10-30-20)33-24(35)23-21(26)19(9-11-31-23)25(27,28)29/h5-7,9,11,13-15,20,22,30H,2-4,8,10,12H2,1H3,(H,33,35)/t20-,22-/m0/s1. The number of aromatic nitrogens is 3. The number of benzene rings is 1. The first-order chi connectivity index (χ1) is 16.8. The summed E-state index contributed by atoms with van der Waals surface area (Å²) in [6.07, 6.45) is 3.82. The van der Waals surface area contributed by atoms with Gasteiger partial charge in [0.25, 0.3) is 5.91 Å². The van der Waals surface area contributed by atoms with Gasteiger partial charge in [0.05, 0.1) is 22.8 Å². The number of hydrogen-bond donors (Lipinski definition) is 2. The molecular weight excluding hydrogens is 479 g/mol. The smallest absolute Gasteiger partial charge is 0.342 e. The maximum Gasteiger partial charge on any atom is 0.417 e. The van der Waals surface area contributed by atoms with Crippen molar-refractivity contribution in [2.45, 2.75) is 57.4 Å². The van der Waals surface area contributed by atoms with E-state index in [0.717, 1.165) is 67.7 Å². The Morgan fingerprint density at radius 3 is 2.83 bits per heavy atom. The third kappa shape index (κ3) is 5.85. The van der Waals surface area contributed by atoms with E-state index in [4.69, 9.17) is 11.6 Å². The summed E-state index contributed by atoms with van der Waals surface area (Å²) in [5.74, 6) is -0.750. The summed E-state index contributed by atoms with van der Waals surface area (Å²) in [5, 5.41) is 10.0. The van der Waals surface area contributed by atoms with E-state index in [2.05, 4.69) is 27.6 Å². The summed E-state index contributed by atoms with van der Waals surface area (Å²) >= 11 is 5.97. The zero-order valence-electron chi connectivity index (χ0n) is 19.3. The van der Waals surface area contributed by atoms with Gasteiger partial charge in [0.15, 0.2) is 0 Å². The summed E-state index contributed by atoms with van der Waals surface area (Å²) in [6, 6.07) is 7.95. The number of halogens is 4. The van der Waals surface area contributed by atoms with Crippen molar-refractivity contribution in [1.82, 2.24) is 25.4 Å². The molecule has 1 amide bonds. The molecular formula is C25H27ClF3N5O. The lowest BCUT2D eigenvalue weighted by Gasteiger charge is -2.32. The highest BCUT2D eigenvalue weighted by Gasteiger charge is 2.36. The number of pyridine rings is 1. The van der Waals surface area contributed by atoms with E-state index >= 15 is 0 Å². The van der Waals surface area contributed by atoms with Crippen LogP contribution < -0.4 is 10.6 Å². The van der Waals surface area contributed by atoms with E-state index < -0.39 is 34.4 Å². The lowest BCUT2D eigenvalue weighted by atomic mass is 9.91. The van der Waals surface area contributed by atoms with Crippen LogP contribution in [0.2, 0.25) is 5.02 Å². The quantitative estimate of drug-likeness (QED) is 0.436. The fourth-order valence-electron chi connectivity index (χ4n) is 4.39. The molecule has 2 N–H and O–H groups in total. The predicted molar refractivity (Wildman–Crippen MR) is 128 cm³/mol.